The molecular weight excluding hydrogens is 323 g/mol. The van der Waals surface area contributed by atoms with Gasteiger partial charge in [0.05, 0.1) is 0 Å². The Morgan fingerprint density at radius 1 is 0.704 bits per heavy atom. The van der Waals surface area contributed by atoms with Gasteiger partial charge in [0.15, 0.2) is 0 Å². The van der Waals surface area contributed by atoms with E-state index in [0.717, 1.165) is 6.42 Å². The molecule has 1 aliphatic carbocycles. The van der Waals surface area contributed by atoms with Crippen LogP contribution in [0.2, 0.25) is 5.82 Å². The summed E-state index contributed by atoms with van der Waals surface area (Å²) in [6, 6.07) is 26.7. The van der Waals surface area contributed by atoms with Crippen molar-refractivity contribution in [3.05, 3.63) is 96.1 Å². The molecule has 0 heterocycles. The first-order valence-corrected chi connectivity index (χ1v) is 9.79. The highest BCUT2D eigenvalue weighted by Crippen LogP contribution is 2.46. The largest absolute Gasteiger partial charge is 0.219 e. The fourth-order valence-electron chi connectivity index (χ4n) is 4.76. The Hall–Kier alpha value is -2.80. The van der Waals surface area contributed by atoms with Gasteiger partial charge in [-0.05, 0) is 47.6 Å². The van der Waals surface area contributed by atoms with Crippen LogP contribution in [0, 0.1) is 13.8 Å². The van der Waals surface area contributed by atoms with Crippen molar-refractivity contribution in [3.8, 4) is 0 Å². The van der Waals surface area contributed by atoms with E-state index in [2.05, 4.69) is 93.2 Å². The number of rotatable bonds is 3. The lowest BCUT2D eigenvalue weighted by Gasteiger charge is -2.22. The second-order valence-corrected chi connectivity index (χ2v) is 7.98. The van der Waals surface area contributed by atoms with Crippen LogP contribution in [0.5, 0.6) is 0 Å². The van der Waals surface area contributed by atoms with Crippen LogP contribution < -0.4 is 10.9 Å². The van der Waals surface area contributed by atoms with Gasteiger partial charge in [0, 0.05) is 0 Å². The summed E-state index contributed by atoms with van der Waals surface area (Å²) in [6.07, 6.45) is 1.13. The highest BCUT2D eigenvalue weighted by atomic mass is 14.3. The molecule has 0 nitrogen and oxygen atoms in total. The van der Waals surface area contributed by atoms with E-state index in [1.165, 1.54) is 49.2 Å². The highest BCUT2D eigenvalue weighted by molar-refractivity contribution is 6.91. The molecule has 0 N–H and O–H groups in total. The van der Waals surface area contributed by atoms with E-state index in [0.29, 0.717) is 12.5 Å². The number of fused-ring (bicyclic) bond motifs is 2. The van der Waals surface area contributed by atoms with E-state index in [1.807, 2.05) is 0 Å². The molecule has 27 heavy (non-hydrogen) atoms. The van der Waals surface area contributed by atoms with E-state index in [-0.39, 0.29) is 0 Å². The Bertz CT molecular complexity index is 1120. The Kier molecular flexibility index (Phi) is 3.72. The second kappa shape index (κ2) is 6.13. The lowest BCUT2D eigenvalue weighted by molar-refractivity contribution is 1.41. The van der Waals surface area contributed by atoms with Crippen LogP contribution in [0.4, 0.5) is 0 Å². The van der Waals surface area contributed by atoms with E-state index >= 15 is 0 Å². The molecule has 0 spiro atoms. The first-order valence-electron chi connectivity index (χ1n) is 9.79. The van der Waals surface area contributed by atoms with Gasteiger partial charge in [-0.3, -0.25) is 0 Å². The third kappa shape index (κ3) is 2.61. The molecule has 1 fully saturated rings. The molecule has 1 aliphatic rings. The summed E-state index contributed by atoms with van der Waals surface area (Å²) in [4.78, 5) is 0. The predicted molar refractivity (Wildman–Crippen MR) is 120 cm³/mol. The number of benzene rings is 4. The smallest absolute Gasteiger partial charge is 0.100 e. The summed E-state index contributed by atoms with van der Waals surface area (Å²) in [7, 11) is 0. The molecule has 0 bridgehead atoms. The van der Waals surface area contributed by atoms with Crippen LogP contribution in [0.25, 0.3) is 21.5 Å². The summed E-state index contributed by atoms with van der Waals surface area (Å²) >= 11 is 0. The first kappa shape index (κ1) is 16.4. The molecule has 4 aromatic carbocycles. The summed E-state index contributed by atoms with van der Waals surface area (Å²) in [5.74, 6) is 0.541. The van der Waals surface area contributed by atoms with Gasteiger partial charge in [-0.2, -0.15) is 0 Å². The van der Waals surface area contributed by atoms with Crippen molar-refractivity contribution in [2.75, 3.05) is 0 Å². The van der Waals surface area contributed by atoms with Gasteiger partial charge < -0.3 is 0 Å². The SMILES string of the molecule is C=C1CC1B(c1c(C)ccc2ccccc12)c1c(C)ccc2ccccc12. The van der Waals surface area contributed by atoms with Gasteiger partial charge >= 0.3 is 0 Å². The Balaban J connectivity index is 1.87. The van der Waals surface area contributed by atoms with Crippen molar-refractivity contribution in [2.45, 2.75) is 26.1 Å². The van der Waals surface area contributed by atoms with Crippen LogP contribution in [-0.4, -0.2) is 6.71 Å². The van der Waals surface area contributed by atoms with Crippen LogP contribution in [-0.2, 0) is 0 Å². The van der Waals surface area contributed by atoms with Crippen molar-refractivity contribution in [3.63, 3.8) is 0 Å². The summed E-state index contributed by atoms with van der Waals surface area (Å²) in [5, 5.41) is 5.42. The zero-order chi connectivity index (χ0) is 18.5. The molecule has 0 saturated heterocycles. The molecule has 4 aromatic rings. The molecule has 1 atom stereocenters. The minimum Gasteiger partial charge on any atom is -0.100 e. The molecule has 1 unspecified atom stereocenters. The molecule has 5 rings (SSSR count). The van der Waals surface area contributed by atoms with Crippen LogP contribution >= 0.6 is 0 Å². The first-order chi connectivity index (χ1) is 13.1. The molecule has 1 saturated carbocycles. The number of aryl methyl sites for hydroxylation is 2. The minimum atomic E-state index is 0.370. The molecule has 0 radical (unpaired) electrons. The molecule has 0 aromatic heterocycles. The molecule has 1 heteroatoms. The zero-order valence-corrected chi connectivity index (χ0v) is 16.0. The maximum atomic E-state index is 4.34. The topological polar surface area (TPSA) is 0 Å². The summed E-state index contributed by atoms with van der Waals surface area (Å²) < 4.78 is 0. The monoisotopic (exact) mass is 346 g/mol. The van der Waals surface area contributed by atoms with E-state index in [4.69, 9.17) is 0 Å². The molecule has 0 amide bonds. The Labute approximate surface area is 161 Å². The number of allylic oxidation sites excluding steroid dienone is 1. The van der Waals surface area contributed by atoms with E-state index < -0.39 is 0 Å². The molecule has 0 aliphatic heterocycles. The van der Waals surface area contributed by atoms with Gasteiger partial charge in [0.25, 0.3) is 0 Å². The Morgan fingerprint density at radius 2 is 1.15 bits per heavy atom. The average Bonchev–Trinajstić information content (AvgIpc) is 3.41. The quantitative estimate of drug-likeness (QED) is 0.337. The van der Waals surface area contributed by atoms with Crippen molar-refractivity contribution in [2.24, 2.45) is 0 Å². The van der Waals surface area contributed by atoms with E-state index in [1.54, 1.807) is 0 Å². The molecule has 130 valence electrons. The zero-order valence-electron chi connectivity index (χ0n) is 16.0. The maximum Gasteiger partial charge on any atom is 0.219 e. The lowest BCUT2D eigenvalue weighted by Crippen LogP contribution is -2.46. The van der Waals surface area contributed by atoms with E-state index in [9.17, 15) is 0 Å². The fourth-order valence-corrected chi connectivity index (χ4v) is 4.76. The van der Waals surface area contributed by atoms with Gasteiger partial charge in [-0.1, -0.05) is 100 Å². The average molecular weight is 346 g/mol. The third-order valence-corrected chi connectivity index (χ3v) is 6.25. The maximum absolute atomic E-state index is 4.34. The Morgan fingerprint density at radius 3 is 1.59 bits per heavy atom. The van der Waals surface area contributed by atoms with Crippen molar-refractivity contribution in [1.82, 2.24) is 0 Å². The third-order valence-electron chi connectivity index (χ3n) is 6.25. The molecular formula is C26H23B. The van der Waals surface area contributed by atoms with Gasteiger partial charge in [-0.25, -0.2) is 0 Å². The normalized spacial score (nSPS) is 16.1. The summed E-state index contributed by atoms with van der Waals surface area (Å²) in [6.45, 7) is 9.24. The standard InChI is InChI=1S/C26H23B/c1-17-12-14-20-8-4-6-10-22(20)25(17)27(24-16-19(24)3)26-18(2)13-15-21-9-5-7-11-23(21)26/h4-15,24H,3,16H2,1-2H3. The lowest BCUT2D eigenvalue weighted by atomic mass is 9.34. The van der Waals surface area contributed by atoms with Crippen LogP contribution in [0.15, 0.2) is 84.9 Å². The van der Waals surface area contributed by atoms with Crippen molar-refractivity contribution >= 4 is 39.2 Å². The number of hydrogen-bond acceptors (Lipinski definition) is 0. The van der Waals surface area contributed by atoms with Crippen LogP contribution in [0.3, 0.4) is 0 Å². The van der Waals surface area contributed by atoms with Crippen LogP contribution in [0.1, 0.15) is 17.5 Å². The van der Waals surface area contributed by atoms with Gasteiger partial charge in [0.1, 0.15) is 0 Å². The second-order valence-electron chi connectivity index (χ2n) is 7.98. The van der Waals surface area contributed by atoms with Gasteiger partial charge in [0.2, 0.25) is 6.71 Å². The number of hydrogen-bond donors (Lipinski definition) is 0. The fraction of sp³-hybridized carbons (Fsp3) is 0.154. The minimum absolute atomic E-state index is 0.370. The highest BCUT2D eigenvalue weighted by Gasteiger charge is 2.42. The summed E-state index contributed by atoms with van der Waals surface area (Å²) in [5.41, 5.74) is 7.11. The van der Waals surface area contributed by atoms with Crippen molar-refractivity contribution in [1.29, 1.82) is 0 Å². The van der Waals surface area contributed by atoms with Crippen molar-refractivity contribution < 1.29 is 0 Å². The van der Waals surface area contributed by atoms with Gasteiger partial charge in [-0.15, -0.1) is 6.58 Å². The predicted octanol–water partition coefficient (Wildman–Crippen LogP) is 5.55.